The molecule has 162 valence electrons. The van der Waals surface area contributed by atoms with Gasteiger partial charge in [0.2, 0.25) is 0 Å². The van der Waals surface area contributed by atoms with Gasteiger partial charge in [0.1, 0.15) is 23.0 Å². The lowest BCUT2D eigenvalue weighted by atomic mass is 10.0. The van der Waals surface area contributed by atoms with Crippen molar-refractivity contribution in [2.45, 2.75) is 32.9 Å². The summed E-state index contributed by atoms with van der Waals surface area (Å²) in [5.74, 6) is 0.0960. The number of hydrogen-bond donors (Lipinski definition) is 1. The van der Waals surface area contributed by atoms with E-state index in [1.807, 2.05) is 79.1 Å². The van der Waals surface area contributed by atoms with E-state index in [4.69, 9.17) is 4.98 Å². The van der Waals surface area contributed by atoms with Crippen LogP contribution in [-0.4, -0.2) is 15.5 Å². The van der Waals surface area contributed by atoms with Gasteiger partial charge >= 0.3 is 0 Å². The third kappa shape index (κ3) is 4.33. The van der Waals surface area contributed by atoms with Gasteiger partial charge in [-0.05, 0) is 31.0 Å². The first-order valence-electron chi connectivity index (χ1n) is 10.9. The molecule has 1 atom stereocenters. The number of halogens is 1. The third-order valence-corrected chi connectivity index (χ3v) is 5.54. The van der Waals surface area contributed by atoms with Crippen LogP contribution in [0.4, 0.5) is 4.39 Å². The van der Waals surface area contributed by atoms with Crippen LogP contribution < -0.4 is 5.32 Å². The minimum absolute atomic E-state index is 0.135. The zero-order valence-corrected chi connectivity index (χ0v) is 18.3. The molecular weight excluding hydrogens is 401 g/mol. The van der Waals surface area contributed by atoms with E-state index in [1.165, 1.54) is 12.1 Å². The van der Waals surface area contributed by atoms with Crippen molar-refractivity contribution in [3.8, 4) is 22.6 Å². The molecule has 0 bridgehead atoms. The van der Waals surface area contributed by atoms with Crippen molar-refractivity contribution in [2.24, 2.45) is 0 Å². The van der Waals surface area contributed by atoms with Crippen molar-refractivity contribution in [3.05, 3.63) is 102 Å². The molecule has 0 aliphatic carbocycles. The van der Waals surface area contributed by atoms with E-state index in [0.29, 0.717) is 29.3 Å². The largest absolute Gasteiger partial charge is 0.344 e. The highest BCUT2D eigenvalue weighted by Gasteiger charge is 2.26. The number of imidazole rings is 1. The van der Waals surface area contributed by atoms with Crippen LogP contribution in [0, 0.1) is 5.82 Å². The Morgan fingerprint density at radius 2 is 1.59 bits per heavy atom. The molecular formula is C27H26FN3O. The molecule has 32 heavy (non-hydrogen) atoms. The zero-order chi connectivity index (χ0) is 22.5. The Kier molecular flexibility index (Phi) is 6.45. The van der Waals surface area contributed by atoms with Crippen molar-refractivity contribution in [1.29, 1.82) is 0 Å². The molecule has 4 aromatic rings. The summed E-state index contributed by atoms with van der Waals surface area (Å²) in [6.45, 7) is 4.57. The van der Waals surface area contributed by atoms with E-state index in [-0.39, 0.29) is 17.8 Å². The summed E-state index contributed by atoms with van der Waals surface area (Å²) in [6, 6.07) is 25.7. The average molecular weight is 428 g/mol. The summed E-state index contributed by atoms with van der Waals surface area (Å²) < 4.78 is 16.0. The molecule has 0 spiro atoms. The quantitative estimate of drug-likeness (QED) is 0.378. The van der Waals surface area contributed by atoms with Crippen LogP contribution in [0.25, 0.3) is 22.6 Å². The van der Waals surface area contributed by atoms with Crippen molar-refractivity contribution in [1.82, 2.24) is 14.9 Å². The molecule has 1 aromatic heterocycles. The summed E-state index contributed by atoms with van der Waals surface area (Å²) in [5, 5.41) is 3.17. The highest BCUT2D eigenvalue weighted by molar-refractivity contribution is 5.99. The topological polar surface area (TPSA) is 46.9 Å². The van der Waals surface area contributed by atoms with Gasteiger partial charge in [0.25, 0.3) is 5.91 Å². The smallest absolute Gasteiger partial charge is 0.270 e. The summed E-state index contributed by atoms with van der Waals surface area (Å²) in [6.07, 6.45) is 0.747. The Morgan fingerprint density at radius 3 is 2.22 bits per heavy atom. The first-order valence-corrected chi connectivity index (χ1v) is 10.9. The van der Waals surface area contributed by atoms with E-state index in [1.54, 1.807) is 12.1 Å². The van der Waals surface area contributed by atoms with E-state index in [0.717, 1.165) is 17.5 Å². The first kappa shape index (κ1) is 21.5. The Bertz CT molecular complexity index is 1200. The van der Waals surface area contributed by atoms with E-state index in [9.17, 15) is 9.18 Å². The number of carbonyl (C=O) groups is 1. The van der Waals surface area contributed by atoms with Crippen LogP contribution in [0.3, 0.4) is 0 Å². The van der Waals surface area contributed by atoms with Gasteiger partial charge in [0.05, 0.1) is 6.04 Å². The number of hydrogen-bond acceptors (Lipinski definition) is 2. The van der Waals surface area contributed by atoms with Gasteiger partial charge < -0.3 is 9.88 Å². The lowest BCUT2D eigenvalue weighted by molar-refractivity contribution is 0.0927. The molecule has 3 aromatic carbocycles. The highest BCUT2D eigenvalue weighted by atomic mass is 19.1. The van der Waals surface area contributed by atoms with Gasteiger partial charge in [-0.1, -0.05) is 79.7 Å². The molecule has 0 saturated carbocycles. The maximum atomic E-state index is 14.0. The van der Waals surface area contributed by atoms with E-state index in [2.05, 4.69) is 5.32 Å². The second-order valence-electron chi connectivity index (χ2n) is 7.60. The van der Waals surface area contributed by atoms with E-state index >= 15 is 0 Å². The third-order valence-electron chi connectivity index (χ3n) is 5.54. The second kappa shape index (κ2) is 9.60. The fourth-order valence-electron chi connectivity index (χ4n) is 3.97. The van der Waals surface area contributed by atoms with Crippen LogP contribution in [0.1, 0.15) is 42.4 Å². The molecule has 5 heteroatoms. The van der Waals surface area contributed by atoms with Crippen LogP contribution in [0.15, 0.2) is 84.9 Å². The standard InChI is InChI=1S/C27H26FN3O/c1-3-23(19-12-7-5-8-13-19)29-27(32)25-24(21-16-11-17-22(28)18-21)30-26(31(25)4-2)20-14-9-6-10-15-20/h5-18,23H,3-4H2,1-2H3,(H,29,32). The van der Waals surface area contributed by atoms with Gasteiger partial charge in [0.15, 0.2) is 0 Å². The van der Waals surface area contributed by atoms with Crippen LogP contribution >= 0.6 is 0 Å². The molecule has 1 amide bonds. The molecule has 4 rings (SSSR count). The van der Waals surface area contributed by atoms with Gasteiger partial charge in [-0.25, -0.2) is 9.37 Å². The Morgan fingerprint density at radius 1 is 0.938 bits per heavy atom. The zero-order valence-electron chi connectivity index (χ0n) is 18.3. The molecule has 0 saturated heterocycles. The molecule has 0 aliphatic rings. The second-order valence-corrected chi connectivity index (χ2v) is 7.60. The van der Waals surface area contributed by atoms with Crippen LogP contribution in [-0.2, 0) is 6.54 Å². The summed E-state index contributed by atoms with van der Waals surface area (Å²) in [7, 11) is 0. The molecule has 4 nitrogen and oxygen atoms in total. The van der Waals surface area contributed by atoms with E-state index < -0.39 is 0 Å². The maximum Gasteiger partial charge on any atom is 0.270 e. The Balaban J connectivity index is 1.83. The van der Waals surface area contributed by atoms with Crippen molar-refractivity contribution >= 4 is 5.91 Å². The summed E-state index contributed by atoms with van der Waals surface area (Å²) in [4.78, 5) is 18.5. The molecule has 1 heterocycles. The number of aromatic nitrogens is 2. The number of rotatable bonds is 7. The molecule has 1 unspecified atom stereocenters. The van der Waals surface area contributed by atoms with Crippen molar-refractivity contribution in [2.75, 3.05) is 0 Å². The minimum atomic E-state index is -0.364. The number of nitrogens with one attached hydrogen (secondary N) is 1. The Hall–Kier alpha value is -3.73. The first-order chi connectivity index (χ1) is 15.6. The predicted octanol–water partition coefficient (Wildman–Crippen LogP) is 6.26. The SMILES string of the molecule is CCC(NC(=O)c1c(-c2cccc(F)c2)nc(-c2ccccc2)n1CC)c1ccccc1. The highest BCUT2D eigenvalue weighted by Crippen LogP contribution is 2.30. The monoisotopic (exact) mass is 427 g/mol. The molecule has 0 fully saturated rings. The van der Waals surface area contributed by atoms with Crippen molar-refractivity contribution < 1.29 is 9.18 Å². The molecule has 1 N–H and O–H groups in total. The number of nitrogens with zero attached hydrogens (tertiary/aromatic N) is 2. The predicted molar refractivity (Wildman–Crippen MR) is 126 cm³/mol. The van der Waals surface area contributed by atoms with Crippen LogP contribution in [0.5, 0.6) is 0 Å². The van der Waals surface area contributed by atoms with Gasteiger partial charge in [-0.2, -0.15) is 0 Å². The maximum absolute atomic E-state index is 14.0. The fourth-order valence-corrected chi connectivity index (χ4v) is 3.97. The number of benzene rings is 3. The average Bonchev–Trinajstić information content (AvgIpc) is 3.23. The summed E-state index contributed by atoms with van der Waals surface area (Å²) >= 11 is 0. The Labute approximate surface area is 187 Å². The van der Waals surface area contributed by atoms with Gasteiger partial charge in [0, 0.05) is 17.7 Å². The van der Waals surface area contributed by atoms with Crippen molar-refractivity contribution in [3.63, 3.8) is 0 Å². The number of carbonyl (C=O) groups excluding carboxylic acids is 1. The van der Waals surface area contributed by atoms with Gasteiger partial charge in [-0.15, -0.1) is 0 Å². The normalized spacial score (nSPS) is 11.8. The lowest BCUT2D eigenvalue weighted by Crippen LogP contribution is -2.30. The number of amides is 1. The fraction of sp³-hybridized carbons (Fsp3) is 0.185. The van der Waals surface area contributed by atoms with Crippen LogP contribution in [0.2, 0.25) is 0 Å². The van der Waals surface area contributed by atoms with Gasteiger partial charge in [-0.3, -0.25) is 4.79 Å². The molecule has 0 radical (unpaired) electrons. The minimum Gasteiger partial charge on any atom is -0.344 e. The summed E-state index contributed by atoms with van der Waals surface area (Å²) in [5.41, 5.74) is 3.44. The lowest BCUT2D eigenvalue weighted by Gasteiger charge is -2.19. The molecule has 0 aliphatic heterocycles.